The Bertz CT molecular complexity index is 607. The lowest BCUT2D eigenvalue weighted by atomic mass is 10.2. The van der Waals surface area contributed by atoms with E-state index in [1.807, 2.05) is 0 Å². The molecule has 1 unspecified atom stereocenters. The highest BCUT2D eigenvalue weighted by Crippen LogP contribution is 2.23. The van der Waals surface area contributed by atoms with E-state index in [4.69, 9.17) is 9.84 Å². The van der Waals surface area contributed by atoms with Gasteiger partial charge in [0.15, 0.2) is 11.6 Å². The molecule has 0 aliphatic rings. The van der Waals surface area contributed by atoms with Gasteiger partial charge in [-0.1, -0.05) is 24.0 Å². The molecular weight excluding hydrogens is 243 g/mol. The van der Waals surface area contributed by atoms with Gasteiger partial charge in [0.2, 0.25) is 0 Å². The van der Waals surface area contributed by atoms with Gasteiger partial charge in [0, 0.05) is 5.56 Å². The zero-order chi connectivity index (χ0) is 13.7. The molecule has 0 spiro atoms. The molecule has 0 aliphatic carbocycles. The van der Waals surface area contributed by atoms with Crippen molar-refractivity contribution in [3.8, 4) is 23.3 Å². The molecule has 0 aromatic heterocycles. The average Bonchev–Trinajstić information content (AvgIpc) is 2.40. The molecule has 0 radical (unpaired) electrons. The summed E-state index contributed by atoms with van der Waals surface area (Å²) < 4.78 is 18.8. The first kappa shape index (κ1) is 13.1. The molecule has 0 fully saturated rings. The van der Waals surface area contributed by atoms with Crippen LogP contribution in [0.1, 0.15) is 12.5 Å². The standard InChI is InChI=1S/C16H13FO2/c1-12(18)6-7-13-8-10-14(11-9-13)19-16-5-3-2-4-15(16)17/h2-5,8-12,18H,1H3. The van der Waals surface area contributed by atoms with Crippen LogP contribution in [0.4, 0.5) is 4.39 Å². The number of hydrogen-bond acceptors (Lipinski definition) is 2. The van der Waals surface area contributed by atoms with Crippen molar-refractivity contribution >= 4 is 0 Å². The van der Waals surface area contributed by atoms with E-state index in [0.29, 0.717) is 5.75 Å². The number of benzene rings is 2. The first-order valence-electron chi connectivity index (χ1n) is 5.87. The molecule has 0 aliphatic heterocycles. The Labute approximate surface area is 111 Å². The van der Waals surface area contributed by atoms with Crippen molar-refractivity contribution in [2.24, 2.45) is 0 Å². The van der Waals surface area contributed by atoms with Crippen molar-refractivity contribution in [3.63, 3.8) is 0 Å². The summed E-state index contributed by atoms with van der Waals surface area (Å²) in [4.78, 5) is 0. The second-order valence-electron chi connectivity index (χ2n) is 4.00. The Hall–Kier alpha value is -2.31. The summed E-state index contributed by atoms with van der Waals surface area (Å²) in [5.41, 5.74) is 0.766. The maximum Gasteiger partial charge on any atom is 0.165 e. The van der Waals surface area contributed by atoms with Gasteiger partial charge in [-0.3, -0.25) is 0 Å². The maximum absolute atomic E-state index is 13.4. The quantitative estimate of drug-likeness (QED) is 0.835. The minimum atomic E-state index is -0.658. The molecular formula is C16H13FO2. The molecule has 2 rings (SSSR count). The van der Waals surface area contributed by atoms with Crippen LogP contribution in [0.5, 0.6) is 11.5 Å². The van der Waals surface area contributed by atoms with E-state index in [9.17, 15) is 4.39 Å². The topological polar surface area (TPSA) is 29.5 Å². The van der Waals surface area contributed by atoms with E-state index in [-0.39, 0.29) is 5.75 Å². The van der Waals surface area contributed by atoms with Gasteiger partial charge in [-0.25, -0.2) is 4.39 Å². The normalized spacial score (nSPS) is 11.3. The maximum atomic E-state index is 13.4. The first-order chi connectivity index (χ1) is 9.15. The molecule has 0 bridgehead atoms. The molecule has 2 nitrogen and oxygen atoms in total. The van der Waals surface area contributed by atoms with Gasteiger partial charge in [0.05, 0.1) is 0 Å². The first-order valence-corrected chi connectivity index (χ1v) is 5.87. The zero-order valence-electron chi connectivity index (χ0n) is 10.4. The molecule has 1 N–H and O–H groups in total. The van der Waals surface area contributed by atoms with Crippen molar-refractivity contribution in [1.29, 1.82) is 0 Å². The lowest BCUT2D eigenvalue weighted by Gasteiger charge is -2.06. The molecule has 19 heavy (non-hydrogen) atoms. The van der Waals surface area contributed by atoms with Gasteiger partial charge < -0.3 is 9.84 Å². The Morgan fingerprint density at radius 3 is 2.42 bits per heavy atom. The van der Waals surface area contributed by atoms with Crippen LogP contribution in [0.15, 0.2) is 48.5 Å². The molecule has 2 aromatic rings. The molecule has 3 heteroatoms. The lowest BCUT2D eigenvalue weighted by Crippen LogP contribution is -1.92. The van der Waals surface area contributed by atoms with Gasteiger partial charge in [-0.05, 0) is 43.3 Å². The highest BCUT2D eigenvalue weighted by Gasteiger charge is 2.02. The van der Waals surface area contributed by atoms with Crippen molar-refractivity contribution < 1.29 is 14.2 Å². The van der Waals surface area contributed by atoms with Crippen molar-refractivity contribution in [3.05, 3.63) is 59.9 Å². The fraction of sp³-hybridized carbons (Fsp3) is 0.125. The summed E-state index contributed by atoms with van der Waals surface area (Å²) in [6.07, 6.45) is -0.658. The summed E-state index contributed by atoms with van der Waals surface area (Å²) >= 11 is 0. The van der Waals surface area contributed by atoms with Crippen molar-refractivity contribution in [2.75, 3.05) is 0 Å². The summed E-state index contributed by atoms with van der Waals surface area (Å²) in [6, 6.07) is 13.2. The monoisotopic (exact) mass is 256 g/mol. The van der Waals surface area contributed by atoms with Gasteiger partial charge in [0.25, 0.3) is 0 Å². The number of halogens is 1. The molecule has 0 saturated heterocycles. The predicted octanol–water partition coefficient (Wildman–Crippen LogP) is 3.35. The van der Waals surface area contributed by atoms with E-state index >= 15 is 0 Å². The smallest absolute Gasteiger partial charge is 0.165 e. The predicted molar refractivity (Wildman–Crippen MR) is 71.5 cm³/mol. The number of ether oxygens (including phenoxy) is 1. The fourth-order valence-electron chi connectivity index (χ4n) is 1.45. The van der Waals surface area contributed by atoms with Gasteiger partial charge >= 0.3 is 0 Å². The Morgan fingerprint density at radius 2 is 1.79 bits per heavy atom. The lowest BCUT2D eigenvalue weighted by molar-refractivity contribution is 0.253. The number of hydrogen-bond donors (Lipinski definition) is 1. The molecule has 0 amide bonds. The number of aliphatic hydroxyl groups excluding tert-OH is 1. The van der Waals surface area contributed by atoms with Crippen molar-refractivity contribution in [1.82, 2.24) is 0 Å². The van der Waals surface area contributed by atoms with Crippen LogP contribution in [-0.4, -0.2) is 11.2 Å². The van der Waals surface area contributed by atoms with E-state index in [0.717, 1.165) is 5.56 Å². The van der Waals surface area contributed by atoms with E-state index in [2.05, 4.69) is 11.8 Å². The third kappa shape index (κ3) is 3.84. The Kier molecular flexibility index (Phi) is 4.17. The highest BCUT2D eigenvalue weighted by molar-refractivity contribution is 5.40. The zero-order valence-corrected chi connectivity index (χ0v) is 10.4. The van der Waals surface area contributed by atoms with Gasteiger partial charge in [-0.2, -0.15) is 0 Å². The molecule has 1 atom stereocenters. The number of aliphatic hydroxyl groups is 1. The minimum absolute atomic E-state index is 0.185. The molecule has 2 aromatic carbocycles. The van der Waals surface area contributed by atoms with E-state index in [1.54, 1.807) is 49.4 Å². The Balaban J connectivity index is 2.12. The van der Waals surface area contributed by atoms with Crippen LogP contribution in [-0.2, 0) is 0 Å². The SMILES string of the molecule is CC(O)C#Cc1ccc(Oc2ccccc2F)cc1. The number of para-hydroxylation sites is 1. The second kappa shape index (κ2) is 6.03. The summed E-state index contributed by atoms with van der Waals surface area (Å²) in [6.45, 7) is 1.60. The summed E-state index contributed by atoms with van der Waals surface area (Å²) in [5.74, 6) is 5.78. The third-order valence-electron chi connectivity index (χ3n) is 2.34. The van der Waals surface area contributed by atoms with Crippen LogP contribution >= 0.6 is 0 Å². The third-order valence-corrected chi connectivity index (χ3v) is 2.34. The van der Waals surface area contributed by atoms with E-state index in [1.165, 1.54) is 6.07 Å². The van der Waals surface area contributed by atoms with Crippen LogP contribution < -0.4 is 4.74 Å². The van der Waals surface area contributed by atoms with Crippen LogP contribution in [0.3, 0.4) is 0 Å². The fourth-order valence-corrected chi connectivity index (χ4v) is 1.45. The van der Waals surface area contributed by atoms with Crippen LogP contribution in [0, 0.1) is 17.7 Å². The van der Waals surface area contributed by atoms with Crippen LogP contribution in [0.2, 0.25) is 0 Å². The minimum Gasteiger partial charge on any atom is -0.454 e. The summed E-state index contributed by atoms with van der Waals surface area (Å²) in [5, 5.41) is 9.05. The van der Waals surface area contributed by atoms with Crippen molar-refractivity contribution in [2.45, 2.75) is 13.0 Å². The van der Waals surface area contributed by atoms with Crippen LogP contribution in [0.25, 0.3) is 0 Å². The molecule has 0 heterocycles. The average molecular weight is 256 g/mol. The van der Waals surface area contributed by atoms with Gasteiger partial charge in [0.1, 0.15) is 11.9 Å². The second-order valence-corrected chi connectivity index (χ2v) is 4.00. The van der Waals surface area contributed by atoms with Gasteiger partial charge in [-0.15, -0.1) is 0 Å². The largest absolute Gasteiger partial charge is 0.454 e. The molecule has 96 valence electrons. The van der Waals surface area contributed by atoms with E-state index < -0.39 is 11.9 Å². The highest BCUT2D eigenvalue weighted by atomic mass is 19.1. The summed E-state index contributed by atoms with van der Waals surface area (Å²) in [7, 11) is 0. The number of rotatable bonds is 2. The Morgan fingerprint density at radius 1 is 1.11 bits per heavy atom. The molecule has 0 saturated carbocycles.